The molecule has 0 fully saturated rings. The van der Waals surface area contributed by atoms with Crippen molar-refractivity contribution >= 4 is 33.2 Å². The van der Waals surface area contributed by atoms with Gasteiger partial charge >= 0.3 is 33.2 Å². The summed E-state index contributed by atoms with van der Waals surface area (Å²) < 4.78 is 28.7. The number of unbranched alkanes of at least 4 members (excludes halogenated alkanes) is 9. The van der Waals surface area contributed by atoms with Crippen molar-refractivity contribution in [3.63, 3.8) is 0 Å². The van der Waals surface area contributed by atoms with Crippen molar-refractivity contribution < 1.29 is 15.5 Å². The van der Waals surface area contributed by atoms with E-state index in [4.69, 9.17) is 4.18 Å². The van der Waals surface area contributed by atoms with Crippen molar-refractivity contribution in [2.75, 3.05) is 5.75 Å². The fourth-order valence-corrected chi connectivity index (χ4v) is 3.48. The quantitative estimate of drug-likeness (QED) is 0.280. The zero-order valence-electron chi connectivity index (χ0n) is 16.5. The molecular weight excluding hydrogens is 321 g/mol. The Morgan fingerprint density at radius 3 is 1.83 bits per heavy atom. The molecule has 0 unspecified atom stereocenters. The first kappa shape index (κ1) is 22.7. The second-order valence-corrected chi connectivity index (χ2v) is 7.53. The zero-order chi connectivity index (χ0) is 16.1. The van der Waals surface area contributed by atoms with Crippen molar-refractivity contribution in [1.29, 1.82) is 0 Å². The Morgan fingerprint density at radius 1 is 0.826 bits per heavy atom. The molecule has 0 aliphatic heterocycles. The summed E-state index contributed by atoms with van der Waals surface area (Å²) in [6.45, 7) is 2.23. The Bertz CT molecular complexity index is 484. The van der Waals surface area contributed by atoms with Gasteiger partial charge in [-0.05, 0) is 18.6 Å². The first-order valence-electron chi connectivity index (χ1n) is 8.61. The molecule has 0 saturated heterocycles. The average molecular weight is 353 g/mol. The Kier molecular flexibility index (Phi) is 13.9. The predicted octanol–water partition coefficient (Wildman–Crippen LogP) is 5.16. The maximum atomic E-state index is 11.8. The van der Waals surface area contributed by atoms with Crippen LogP contribution in [0.5, 0.6) is 5.75 Å². The van der Waals surface area contributed by atoms with Gasteiger partial charge in [0, 0.05) is 0 Å². The third-order valence-corrected chi connectivity index (χ3v) is 4.95. The molecule has 0 amide bonds. The van der Waals surface area contributed by atoms with Gasteiger partial charge in [-0.25, -0.2) is 0 Å². The maximum absolute atomic E-state index is 11.8. The van der Waals surface area contributed by atoms with Crippen LogP contribution >= 0.6 is 0 Å². The van der Waals surface area contributed by atoms with Gasteiger partial charge in [-0.1, -0.05) is 82.9 Å². The van der Waals surface area contributed by atoms with Crippen LogP contribution in [0, 0.1) is 0 Å². The molecule has 0 bridgehead atoms. The number of para-hydroxylation sites is 1. The van der Waals surface area contributed by atoms with Crippen LogP contribution in [-0.2, 0) is 10.1 Å². The third-order valence-electron chi connectivity index (χ3n) is 3.71. The van der Waals surface area contributed by atoms with Crippen molar-refractivity contribution in [3.05, 3.63) is 30.3 Å². The number of rotatable bonds is 13. The molecule has 1 aromatic rings. The molecule has 23 heavy (non-hydrogen) atoms. The van der Waals surface area contributed by atoms with Crippen molar-refractivity contribution in [3.8, 4) is 5.75 Å². The Balaban J connectivity index is -0.00000161. The van der Waals surface area contributed by atoms with Crippen LogP contribution in [0.4, 0.5) is 0 Å². The number of hydrogen-bond donors (Lipinski definition) is 0. The van der Waals surface area contributed by atoms with Gasteiger partial charge in [0.1, 0.15) is 5.75 Å². The van der Waals surface area contributed by atoms with Crippen molar-refractivity contribution in [2.45, 2.75) is 71.1 Å². The zero-order valence-corrected chi connectivity index (χ0v) is 16.7. The van der Waals surface area contributed by atoms with E-state index < -0.39 is 10.1 Å². The van der Waals surface area contributed by atoms with Crippen LogP contribution in [-0.4, -0.2) is 37.2 Å². The Hall–Kier alpha value is -0.264. The van der Waals surface area contributed by atoms with E-state index in [1.807, 2.05) is 6.07 Å². The summed E-state index contributed by atoms with van der Waals surface area (Å²) in [6, 6.07) is 8.70. The fourth-order valence-electron chi connectivity index (χ4n) is 2.43. The molecule has 5 heteroatoms. The molecule has 3 nitrogen and oxygen atoms in total. The molecular formula is C18H32MgO3S. The summed E-state index contributed by atoms with van der Waals surface area (Å²) in [5.41, 5.74) is 0. The van der Waals surface area contributed by atoms with E-state index >= 15 is 0 Å². The molecule has 0 radical (unpaired) electrons. The van der Waals surface area contributed by atoms with Crippen LogP contribution in [0.3, 0.4) is 0 Å². The van der Waals surface area contributed by atoms with Gasteiger partial charge in [0.05, 0.1) is 5.75 Å². The van der Waals surface area contributed by atoms with Gasteiger partial charge in [0.25, 0.3) is 0 Å². The predicted molar refractivity (Wildman–Crippen MR) is 101 cm³/mol. The molecule has 0 aliphatic rings. The van der Waals surface area contributed by atoms with E-state index in [9.17, 15) is 8.42 Å². The Labute approximate surface area is 161 Å². The summed E-state index contributed by atoms with van der Waals surface area (Å²) >= 11 is 0. The monoisotopic (exact) mass is 352 g/mol. The van der Waals surface area contributed by atoms with E-state index in [-0.39, 0.29) is 31.7 Å². The molecule has 0 aromatic heterocycles. The number of benzene rings is 1. The minimum absolute atomic E-state index is 0. The van der Waals surface area contributed by atoms with E-state index in [0.717, 1.165) is 12.8 Å². The molecule has 1 aromatic carbocycles. The average Bonchev–Trinajstić information content (AvgIpc) is 2.49. The topological polar surface area (TPSA) is 43.4 Å². The summed E-state index contributed by atoms with van der Waals surface area (Å²) in [7, 11) is -3.44. The van der Waals surface area contributed by atoms with Crippen LogP contribution in [0.1, 0.15) is 74.0 Å². The van der Waals surface area contributed by atoms with Crippen molar-refractivity contribution in [2.24, 2.45) is 0 Å². The first-order chi connectivity index (χ1) is 10.6. The maximum Gasteiger partial charge on any atom is 2.00 e. The van der Waals surface area contributed by atoms with Gasteiger partial charge in [-0.2, -0.15) is 8.42 Å². The molecule has 0 saturated carbocycles. The van der Waals surface area contributed by atoms with Gasteiger partial charge in [0.15, 0.2) is 0 Å². The molecule has 0 atom stereocenters. The summed E-state index contributed by atoms with van der Waals surface area (Å²) in [6.07, 6.45) is 11.9. The third kappa shape index (κ3) is 12.8. The smallest absolute Gasteiger partial charge is 1.00 e. The van der Waals surface area contributed by atoms with Gasteiger partial charge in [-0.3, -0.25) is 0 Å². The molecule has 0 aliphatic carbocycles. The van der Waals surface area contributed by atoms with Gasteiger partial charge in [0.2, 0.25) is 0 Å². The van der Waals surface area contributed by atoms with E-state index in [0.29, 0.717) is 12.2 Å². The van der Waals surface area contributed by atoms with E-state index in [1.54, 1.807) is 24.3 Å². The van der Waals surface area contributed by atoms with Crippen LogP contribution < -0.4 is 4.18 Å². The molecule has 1 rings (SSSR count). The second kappa shape index (κ2) is 14.1. The molecule has 0 heterocycles. The Morgan fingerprint density at radius 2 is 1.30 bits per heavy atom. The summed E-state index contributed by atoms with van der Waals surface area (Å²) in [4.78, 5) is 0. The first-order valence-corrected chi connectivity index (χ1v) is 10.2. The van der Waals surface area contributed by atoms with Crippen LogP contribution in [0.25, 0.3) is 0 Å². The minimum Gasteiger partial charge on any atom is -1.00 e. The summed E-state index contributed by atoms with van der Waals surface area (Å²) in [5.74, 6) is 0.507. The second-order valence-electron chi connectivity index (χ2n) is 5.84. The van der Waals surface area contributed by atoms with Crippen molar-refractivity contribution in [1.82, 2.24) is 0 Å². The van der Waals surface area contributed by atoms with Gasteiger partial charge in [-0.15, -0.1) is 0 Å². The molecule has 130 valence electrons. The fraction of sp³-hybridized carbons (Fsp3) is 0.667. The van der Waals surface area contributed by atoms with Crippen LogP contribution in [0.2, 0.25) is 0 Å². The van der Waals surface area contributed by atoms with E-state index in [1.165, 1.54) is 44.9 Å². The molecule has 0 spiro atoms. The summed E-state index contributed by atoms with van der Waals surface area (Å²) in [5, 5.41) is 0. The number of hydrogen-bond acceptors (Lipinski definition) is 3. The standard InChI is InChI=1S/C18H30O3S.Mg.2H/c1-2-3-4-5-6-7-8-9-10-14-17-22(19,20)21-18-15-12-11-13-16-18;;;/h11-13,15-16H,2-10,14,17H2,1H3;;;/q;+2;2*-1. The van der Waals surface area contributed by atoms with Gasteiger partial charge < -0.3 is 7.04 Å². The normalized spacial score (nSPS) is 11.0. The SMILES string of the molecule is CCCCCCCCCCCCS(=O)(=O)Oc1ccccc1.[H-].[H-].[Mg+2]. The largest absolute Gasteiger partial charge is 2.00 e. The van der Waals surface area contributed by atoms with Crippen LogP contribution in [0.15, 0.2) is 30.3 Å². The minimum atomic E-state index is -3.44. The van der Waals surface area contributed by atoms with E-state index in [2.05, 4.69) is 6.92 Å². The molecule has 0 N–H and O–H groups in total.